The van der Waals surface area contributed by atoms with Gasteiger partial charge < -0.3 is 10.7 Å². The molecule has 1 aromatic heterocycles. The van der Waals surface area contributed by atoms with Gasteiger partial charge in [0, 0.05) is 12.1 Å². The largest absolute Gasteiger partial charge is 0.367 e. The molecule has 1 fully saturated rings. The quantitative estimate of drug-likeness (QED) is 0.322. The Kier molecular flexibility index (Phi) is 3.84. The Bertz CT molecular complexity index is 329. The van der Waals surface area contributed by atoms with E-state index in [1.54, 1.807) is 0 Å². The highest BCUT2D eigenvalue weighted by Crippen LogP contribution is 2.23. The van der Waals surface area contributed by atoms with E-state index in [1.165, 1.54) is 37.4 Å². The molecular weight excluding hydrogens is 222 g/mol. The van der Waals surface area contributed by atoms with E-state index in [4.69, 9.17) is 5.84 Å². The van der Waals surface area contributed by atoms with Crippen LogP contribution < -0.4 is 16.6 Å². The Labute approximate surface area is 99.6 Å². The maximum Gasteiger partial charge on any atom is 0.191 e. The molecule has 0 radical (unpaired) electrons. The SMILES string of the molecule is CSc1nc(NN)cc(NC2CCCC2)n1. The van der Waals surface area contributed by atoms with E-state index in [-0.39, 0.29) is 0 Å². The lowest BCUT2D eigenvalue weighted by Gasteiger charge is -2.13. The molecule has 2 rings (SSSR count). The maximum absolute atomic E-state index is 5.37. The molecule has 6 heteroatoms. The van der Waals surface area contributed by atoms with Gasteiger partial charge in [0.1, 0.15) is 11.6 Å². The predicted octanol–water partition coefficient (Wildman–Crippen LogP) is 1.84. The van der Waals surface area contributed by atoms with Gasteiger partial charge >= 0.3 is 0 Å². The summed E-state index contributed by atoms with van der Waals surface area (Å²) in [5, 5.41) is 4.16. The molecule has 0 spiro atoms. The van der Waals surface area contributed by atoms with E-state index in [0.717, 1.165) is 11.0 Å². The minimum atomic E-state index is 0.551. The summed E-state index contributed by atoms with van der Waals surface area (Å²) < 4.78 is 0. The number of aromatic nitrogens is 2. The number of nitrogens with two attached hydrogens (primary N) is 1. The van der Waals surface area contributed by atoms with Crippen LogP contribution in [0.3, 0.4) is 0 Å². The van der Waals surface area contributed by atoms with Crippen molar-refractivity contribution in [1.82, 2.24) is 9.97 Å². The first-order chi connectivity index (χ1) is 7.81. The van der Waals surface area contributed by atoms with E-state index in [0.29, 0.717) is 11.9 Å². The van der Waals surface area contributed by atoms with E-state index >= 15 is 0 Å². The number of rotatable bonds is 4. The number of anilines is 2. The third-order valence-corrected chi connectivity index (χ3v) is 3.29. The van der Waals surface area contributed by atoms with Crippen molar-refractivity contribution in [2.75, 3.05) is 17.0 Å². The normalized spacial score (nSPS) is 16.4. The number of hydrazine groups is 1. The first kappa shape index (κ1) is 11.5. The van der Waals surface area contributed by atoms with Gasteiger partial charge in [0.25, 0.3) is 0 Å². The fraction of sp³-hybridized carbons (Fsp3) is 0.600. The summed E-state index contributed by atoms with van der Waals surface area (Å²) in [7, 11) is 0. The van der Waals surface area contributed by atoms with Crippen LogP contribution in [0.1, 0.15) is 25.7 Å². The number of hydrogen-bond acceptors (Lipinski definition) is 6. The summed E-state index contributed by atoms with van der Waals surface area (Å²) in [6.45, 7) is 0. The first-order valence-corrected chi connectivity index (χ1v) is 6.70. The van der Waals surface area contributed by atoms with Crippen molar-refractivity contribution < 1.29 is 0 Å². The molecule has 0 aliphatic heterocycles. The highest BCUT2D eigenvalue weighted by molar-refractivity contribution is 7.98. The van der Waals surface area contributed by atoms with Crippen LogP contribution in [0.4, 0.5) is 11.6 Å². The van der Waals surface area contributed by atoms with Gasteiger partial charge in [-0.3, -0.25) is 0 Å². The summed E-state index contributed by atoms with van der Waals surface area (Å²) in [5.41, 5.74) is 2.56. The van der Waals surface area contributed by atoms with Gasteiger partial charge in [-0.05, 0) is 19.1 Å². The van der Waals surface area contributed by atoms with Gasteiger partial charge in [0.05, 0.1) is 0 Å². The lowest BCUT2D eigenvalue weighted by atomic mass is 10.2. The standard InChI is InChI=1S/C10H17N5S/c1-16-10-13-8(6-9(14-10)15-11)12-7-4-2-3-5-7/h6-7H,2-5,11H2,1H3,(H2,12,13,14,15). The van der Waals surface area contributed by atoms with Crippen LogP contribution in [0.25, 0.3) is 0 Å². The molecular formula is C10H17N5S. The minimum absolute atomic E-state index is 0.551. The monoisotopic (exact) mass is 239 g/mol. The molecule has 1 aliphatic carbocycles. The second kappa shape index (κ2) is 5.36. The molecule has 0 saturated heterocycles. The van der Waals surface area contributed by atoms with Crippen LogP contribution in [-0.4, -0.2) is 22.3 Å². The average molecular weight is 239 g/mol. The smallest absolute Gasteiger partial charge is 0.191 e. The molecule has 0 unspecified atom stereocenters. The third kappa shape index (κ3) is 2.76. The number of nitrogens with one attached hydrogen (secondary N) is 2. The van der Waals surface area contributed by atoms with Crippen LogP contribution in [0.2, 0.25) is 0 Å². The Balaban J connectivity index is 2.12. The zero-order chi connectivity index (χ0) is 11.4. The van der Waals surface area contributed by atoms with Crippen molar-refractivity contribution in [2.45, 2.75) is 36.9 Å². The van der Waals surface area contributed by atoms with Gasteiger partial charge in [0.15, 0.2) is 5.16 Å². The van der Waals surface area contributed by atoms with Crippen molar-refractivity contribution in [1.29, 1.82) is 0 Å². The average Bonchev–Trinajstić information content (AvgIpc) is 2.81. The second-order valence-electron chi connectivity index (χ2n) is 3.90. The van der Waals surface area contributed by atoms with Gasteiger partial charge in [-0.25, -0.2) is 15.8 Å². The summed E-state index contributed by atoms with van der Waals surface area (Å²) in [4.78, 5) is 8.63. The third-order valence-electron chi connectivity index (χ3n) is 2.74. The molecule has 88 valence electrons. The molecule has 0 aromatic carbocycles. The van der Waals surface area contributed by atoms with Gasteiger partial charge in [-0.1, -0.05) is 24.6 Å². The molecule has 1 saturated carbocycles. The molecule has 5 nitrogen and oxygen atoms in total. The van der Waals surface area contributed by atoms with E-state index in [9.17, 15) is 0 Å². The van der Waals surface area contributed by atoms with Gasteiger partial charge in [-0.2, -0.15) is 0 Å². The molecule has 1 aliphatic rings. The lowest BCUT2D eigenvalue weighted by molar-refractivity contribution is 0.746. The molecule has 4 N–H and O–H groups in total. The minimum Gasteiger partial charge on any atom is -0.367 e. The fourth-order valence-corrected chi connectivity index (χ4v) is 2.32. The summed E-state index contributed by atoms with van der Waals surface area (Å²) >= 11 is 1.51. The molecule has 0 bridgehead atoms. The summed E-state index contributed by atoms with van der Waals surface area (Å²) in [6, 6.07) is 2.40. The molecule has 0 amide bonds. The summed E-state index contributed by atoms with van der Waals surface area (Å²) in [5.74, 6) is 6.89. The molecule has 1 aromatic rings. The summed E-state index contributed by atoms with van der Waals surface area (Å²) in [6.07, 6.45) is 7.02. The van der Waals surface area contributed by atoms with Crippen molar-refractivity contribution in [3.8, 4) is 0 Å². The number of nitrogens with zero attached hydrogens (tertiary/aromatic N) is 2. The van der Waals surface area contributed by atoms with E-state index in [1.807, 2.05) is 12.3 Å². The molecule has 0 atom stereocenters. The molecule has 1 heterocycles. The number of nitrogen functional groups attached to an aromatic ring is 1. The van der Waals surface area contributed by atoms with Crippen LogP contribution in [0, 0.1) is 0 Å². The first-order valence-electron chi connectivity index (χ1n) is 5.48. The Morgan fingerprint density at radius 1 is 1.31 bits per heavy atom. The predicted molar refractivity (Wildman–Crippen MR) is 67.5 cm³/mol. The highest BCUT2D eigenvalue weighted by Gasteiger charge is 2.15. The van der Waals surface area contributed by atoms with Crippen molar-refractivity contribution in [2.24, 2.45) is 5.84 Å². The van der Waals surface area contributed by atoms with Crippen LogP contribution in [-0.2, 0) is 0 Å². The lowest BCUT2D eigenvalue weighted by Crippen LogP contribution is -2.17. The number of thioether (sulfide) groups is 1. The van der Waals surface area contributed by atoms with Crippen LogP contribution in [0.5, 0.6) is 0 Å². The molecule has 16 heavy (non-hydrogen) atoms. The topological polar surface area (TPSA) is 75.9 Å². The maximum atomic E-state index is 5.37. The Morgan fingerprint density at radius 2 is 2.00 bits per heavy atom. The van der Waals surface area contributed by atoms with Crippen LogP contribution >= 0.6 is 11.8 Å². The highest BCUT2D eigenvalue weighted by atomic mass is 32.2. The van der Waals surface area contributed by atoms with E-state index < -0.39 is 0 Å². The fourth-order valence-electron chi connectivity index (χ4n) is 1.94. The zero-order valence-corrected chi connectivity index (χ0v) is 10.2. The van der Waals surface area contributed by atoms with E-state index in [2.05, 4.69) is 20.7 Å². The Morgan fingerprint density at radius 3 is 2.62 bits per heavy atom. The van der Waals surface area contributed by atoms with Crippen molar-refractivity contribution in [3.05, 3.63) is 6.07 Å². The van der Waals surface area contributed by atoms with Crippen LogP contribution in [0.15, 0.2) is 11.2 Å². The van der Waals surface area contributed by atoms with Gasteiger partial charge in [0.2, 0.25) is 0 Å². The zero-order valence-electron chi connectivity index (χ0n) is 9.36. The van der Waals surface area contributed by atoms with Crippen molar-refractivity contribution in [3.63, 3.8) is 0 Å². The van der Waals surface area contributed by atoms with Gasteiger partial charge in [-0.15, -0.1) is 0 Å². The van der Waals surface area contributed by atoms with Crippen molar-refractivity contribution >= 4 is 23.4 Å². The Hall–Kier alpha value is -1.01. The number of hydrogen-bond donors (Lipinski definition) is 3. The second-order valence-corrected chi connectivity index (χ2v) is 4.67.